The van der Waals surface area contributed by atoms with E-state index in [0.29, 0.717) is 0 Å². The second kappa shape index (κ2) is 18.9. The SMILES string of the molecule is CC(C)(C)c1ccc2c(c1)[cH-]c1cc(C(C)(C)C)ccc12.Cc1cc2c(-c3ccccc3)cccc2[cH-]1.[Si]=[Zr].[c-]1ccccc1.[c-]1ccccc1. The number of aryl methyl sites for hydroxylation is 1. The van der Waals surface area contributed by atoms with Crippen LogP contribution >= 0.6 is 0 Å². The Labute approximate surface area is 323 Å². The van der Waals surface area contributed by atoms with Gasteiger partial charge in [0, 0.05) is 0 Å². The van der Waals surface area contributed by atoms with Gasteiger partial charge in [0.15, 0.2) is 0 Å². The molecule has 51 heavy (non-hydrogen) atoms. The summed E-state index contributed by atoms with van der Waals surface area (Å²) in [6, 6.07) is 62.7. The third-order valence-electron chi connectivity index (χ3n) is 8.63. The molecule has 0 aliphatic carbocycles. The molecule has 0 fully saturated rings. The fourth-order valence-electron chi connectivity index (χ4n) is 5.89. The van der Waals surface area contributed by atoms with Gasteiger partial charge in [0.2, 0.25) is 0 Å². The van der Waals surface area contributed by atoms with Crippen molar-refractivity contribution in [2.24, 2.45) is 0 Å². The molecular formula is C49H48SiZr-4. The Morgan fingerprint density at radius 1 is 0.471 bits per heavy atom. The van der Waals surface area contributed by atoms with Crippen LogP contribution in [0.5, 0.6) is 0 Å². The van der Waals surface area contributed by atoms with Gasteiger partial charge in [0.1, 0.15) is 0 Å². The van der Waals surface area contributed by atoms with E-state index in [1.165, 1.54) is 83.5 Å². The van der Waals surface area contributed by atoms with Crippen LogP contribution in [0.2, 0.25) is 0 Å². The number of hydrogen-bond donors (Lipinski definition) is 0. The molecule has 8 rings (SSSR count). The molecule has 0 spiro atoms. The van der Waals surface area contributed by atoms with Crippen molar-refractivity contribution in [3.05, 3.63) is 193 Å². The first kappa shape index (κ1) is 39.7. The van der Waals surface area contributed by atoms with Crippen molar-refractivity contribution in [3.8, 4) is 11.1 Å². The Morgan fingerprint density at radius 3 is 1.35 bits per heavy atom. The summed E-state index contributed by atoms with van der Waals surface area (Å²) in [4.78, 5) is 0. The molecule has 0 saturated heterocycles. The van der Waals surface area contributed by atoms with Crippen molar-refractivity contribution in [1.29, 1.82) is 0 Å². The minimum absolute atomic E-state index is 0.203. The van der Waals surface area contributed by atoms with E-state index in [1.54, 1.807) is 0 Å². The molecule has 0 heterocycles. The zero-order valence-corrected chi connectivity index (χ0v) is 34.5. The average Bonchev–Trinajstić information content (AvgIpc) is 3.73. The second-order valence-electron chi connectivity index (χ2n) is 14.6. The maximum absolute atomic E-state index is 3.06. The van der Waals surface area contributed by atoms with Crippen LogP contribution in [0.4, 0.5) is 0 Å². The first-order valence-corrected chi connectivity index (χ1v) is 21.6. The molecular weight excluding hydrogens is 708 g/mol. The molecule has 0 saturated carbocycles. The van der Waals surface area contributed by atoms with E-state index in [1.807, 2.05) is 60.7 Å². The minimum atomic E-state index is 0.203. The molecule has 0 atom stereocenters. The van der Waals surface area contributed by atoms with Crippen LogP contribution in [0.3, 0.4) is 0 Å². The average molecular weight is 756 g/mol. The van der Waals surface area contributed by atoms with Gasteiger partial charge in [-0.2, -0.15) is 78.9 Å². The fourth-order valence-corrected chi connectivity index (χ4v) is 5.89. The van der Waals surface area contributed by atoms with Crippen LogP contribution in [-0.2, 0) is 34.2 Å². The van der Waals surface area contributed by atoms with Gasteiger partial charge in [-0.25, -0.2) is 0 Å². The zero-order valence-electron chi connectivity index (χ0n) is 31.1. The van der Waals surface area contributed by atoms with E-state index in [9.17, 15) is 0 Å². The Hall–Kier alpha value is -4.10. The van der Waals surface area contributed by atoms with Gasteiger partial charge in [-0.15, -0.1) is 74.3 Å². The largest absolute Gasteiger partial charge is 0.184 e. The van der Waals surface area contributed by atoms with Gasteiger partial charge in [0.05, 0.1) is 0 Å². The van der Waals surface area contributed by atoms with E-state index in [4.69, 9.17) is 0 Å². The Balaban J connectivity index is 0.000000169. The summed E-state index contributed by atoms with van der Waals surface area (Å²) in [6.07, 6.45) is 0. The van der Waals surface area contributed by atoms with Crippen molar-refractivity contribution in [2.75, 3.05) is 0 Å². The van der Waals surface area contributed by atoms with Crippen LogP contribution < -0.4 is 0 Å². The quantitative estimate of drug-likeness (QED) is 0.116. The molecule has 0 N–H and O–H groups in total. The van der Waals surface area contributed by atoms with Gasteiger partial charge in [-0.1, -0.05) is 126 Å². The monoisotopic (exact) mass is 754 g/mol. The molecule has 8 aromatic rings. The smallest absolute Gasteiger partial charge is 0.171 e. The van der Waals surface area contributed by atoms with Crippen molar-refractivity contribution in [1.82, 2.24) is 0 Å². The number of hydrogen-bond acceptors (Lipinski definition) is 0. The van der Waals surface area contributed by atoms with E-state index < -0.39 is 0 Å². The summed E-state index contributed by atoms with van der Waals surface area (Å²) in [5.74, 6) is 0. The maximum Gasteiger partial charge on any atom is -0.171 e. The number of fused-ring (bicyclic) bond motifs is 4. The van der Waals surface area contributed by atoms with E-state index in [-0.39, 0.29) is 10.8 Å². The van der Waals surface area contributed by atoms with Crippen molar-refractivity contribution < 1.29 is 23.3 Å². The maximum atomic E-state index is 3.06. The summed E-state index contributed by atoms with van der Waals surface area (Å²) < 4.78 is 0. The van der Waals surface area contributed by atoms with Gasteiger partial charge in [-0.3, -0.25) is 0 Å². The molecule has 8 aromatic carbocycles. The third kappa shape index (κ3) is 11.4. The van der Waals surface area contributed by atoms with Gasteiger partial charge in [-0.05, 0) is 16.4 Å². The topological polar surface area (TPSA) is 0 Å². The molecule has 0 aromatic heterocycles. The molecule has 0 aliphatic rings. The molecule has 0 nitrogen and oxygen atoms in total. The van der Waals surface area contributed by atoms with Crippen LogP contribution in [0, 0.1) is 19.1 Å². The van der Waals surface area contributed by atoms with Crippen molar-refractivity contribution >= 4 is 39.2 Å². The molecule has 0 unspecified atom stereocenters. The summed E-state index contributed by atoms with van der Waals surface area (Å²) >= 11 is 1.36. The van der Waals surface area contributed by atoms with Crippen molar-refractivity contribution in [3.63, 3.8) is 0 Å². The first-order chi connectivity index (χ1) is 24.5. The van der Waals surface area contributed by atoms with Crippen LogP contribution in [0.25, 0.3) is 43.4 Å². The van der Waals surface area contributed by atoms with Crippen LogP contribution in [0.15, 0.2) is 164 Å². The van der Waals surface area contributed by atoms with E-state index >= 15 is 0 Å². The molecule has 0 aliphatic heterocycles. The molecule has 2 heteroatoms. The number of rotatable bonds is 1. The van der Waals surface area contributed by atoms with Gasteiger partial charge < -0.3 is 0 Å². The van der Waals surface area contributed by atoms with Crippen LogP contribution in [0.1, 0.15) is 58.2 Å². The van der Waals surface area contributed by atoms with Gasteiger partial charge >= 0.3 is 30.2 Å². The molecule has 256 valence electrons. The Bertz CT molecular complexity index is 2040. The fraction of sp³-hybridized carbons (Fsp3) is 0.184. The normalized spacial score (nSPS) is 10.8. The summed E-state index contributed by atoms with van der Waals surface area (Å²) in [5, 5.41) is 8.16. The van der Waals surface area contributed by atoms with Gasteiger partial charge in [0.25, 0.3) is 0 Å². The summed E-state index contributed by atoms with van der Waals surface area (Å²) in [5.41, 5.74) is 7.16. The summed E-state index contributed by atoms with van der Waals surface area (Å²) in [7, 11) is 0. The minimum Gasteiger partial charge on any atom is -0.184 e. The zero-order chi connectivity index (χ0) is 36.9. The predicted molar refractivity (Wildman–Crippen MR) is 220 cm³/mol. The second-order valence-corrected chi connectivity index (χ2v) is 14.6. The Morgan fingerprint density at radius 2 is 0.941 bits per heavy atom. The standard InChI is InChI=1S/C21H25.C16H13.2C6H5.Si.Zr/c1-20(2,3)16-7-9-18-14(12-16)11-15-13-17(21(4,5)6)8-10-19(15)18;1-12-10-14-8-5-9-15(16(14)11-12)13-6-3-2-4-7-13;2*1-2-4-6-5-3-1;;/h7-13H,1-6H3;2-11H,1H3;2*1-5H;;/q4*-1;;. The van der Waals surface area contributed by atoms with E-state index in [0.717, 1.165) is 0 Å². The molecule has 2 radical (unpaired) electrons. The summed E-state index contributed by atoms with van der Waals surface area (Å²) in [6.45, 7) is 18.8. The first-order valence-electron chi connectivity index (χ1n) is 17.4. The predicted octanol–water partition coefficient (Wildman–Crippen LogP) is 13.4. The number of benzene rings is 6. The molecule has 0 amide bonds. The molecule has 0 bridgehead atoms. The van der Waals surface area contributed by atoms with E-state index in [2.05, 4.69) is 171 Å². The third-order valence-corrected chi connectivity index (χ3v) is 8.63. The van der Waals surface area contributed by atoms with Crippen LogP contribution in [-0.4, -0.2) is 6.88 Å². The van der Waals surface area contributed by atoms with Crippen molar-refractivity contribution in [2.45, 2.75) is 59.3 Å². The Kier molecular flexibility index (Phi) is 14.7.